The van der Waals surface area contributed by atoms with E-state index in [4.69, 9.17) is 0 Å². The summed E-state index contributed by atoms with van der Waals surface area (Å²) >= 11 is 0. The average molecular weight is 249 g/mol. The van der Waals surface area contributed by atoms with Crippen LogP contribution in [0.15, 0.2) is 35.6 Å². The molecule has 1 aromatic heterocycles. The summed E-state index contributed by atoms with van der Waals surface area (Å²) in [6, 6.07) is 3.92. The van der Waals surface area contributed by atoms with E-state index in [1.807, 2.05) is 0 Å². The summed E-state index contributed by atoms with van der Waals surface area (Å²) in [5.74, 6) is -0.741. The Labute approximate surface area is 102 Å². The van der Waals surface area contributed by atoms with Gasteiger partial charge < -0.3 is 10.3 Å². The number of aromatic amines is 1. The van der Waals surface area contributed by atoms with Gasteiger partial charge in [-0.05, 0) is 18.2 Å². The minimum absolute atomic E-state index is 0.113. The van der Waals surface area contributed by atoms with Gasteiger partial charge in [0, 0.05) is 6.54 Å². The van der Waals surface area contributed by atoms with Crippen LogP contribution < -0.4 is 11.0 Å². The third-order valence-corrected chi connectivity index (χ3v) is 2.48. The molecule has 1 amide bonds. The standard InChI is InChI=1S/C12H12FN3O2/c1-2-5-14-11(17)7-16-10-4-3-8(13)6-9(10)15-12(16)18/h2-4,6H,1,5,7H2,(H,14,17)(H,15,18). The molecule has 0 aliphatic rings. The highest BCUT2D eigenvalue weighted by Crippen LogP contribution is 2.11. The molecule has 1 heterocycles. The number of hydrogen-bond donors (Lipinski definition) is 2. The maximum absolute atomic E-state index is 13.0. The molecule has 2 N–H and O–H groups in total. The lowest BCUT2D eigenvalue weighted by molar-refractivity contribution is -0.121. The van der Waals surface area contributed by atoms with Crippen LogP contribution in [0.5, 0.6) is 0 Å². The highest BCUT2D eigenvalue weighted by molar-refractivity contribution is 5.80. The average Bonchev–Trinajstić information content (AvgIpc) is 2.62. The molecule has 0 fully saturated rings. The fourth-order valence-corrected chi connectivity index (χ4v) is 1.68. The molecule has 18 heavy (non-hydrogen) atoms. The van der Waals surface area contributed by atoms with E-state index < -0.39 is 11.5 Å². The molecule has 2 rings (SSSR count). The Balaban J connectivity index is 2.33. The van der Waals surface area contributed by atoms with Crippen molar-refractivity contribution in [3.63, 3.8) is 0 Å². The maximum Gasteiger partial charge on any atom is 0.326 e. The molecule has 0 radical (unpaired) electrons. The summed E-state index contributed by atoms with van der Waals surface area (Å²) in [4.78, 5) is 25.7. The number of benzene rings is 1. The molecule has 0 aliphatic heterocycles. The molecule has 2 aromatic rings. The summed E-state index contributed by atoms with van der Waals surface area (Å²) in [6.45, 7) is 3.70. The Kier molecular flexibility index (Phi) is 3.27. The minimum Gasteiger partial charge on any atom is -0.351 e. The first-order valence-electron chi connectivity index (χ1n) is 5.37. The normalized spacial score (nSPS) is 10.5. The van der Waals surface area contributed by atoms with Crippen LogP contribution in [-0.4, -0.2) is 22.0 Å². The monoisotopic (exact) mass is 249 g/mol. The number of fused-ring (bicyclic) bond motifs is 1. The largest absolute Gasteiger partial charge is 0.351 e. The molecule has 0 unspecified atom stereocenters. The summed E-state index contributed by atoms with van der Waals surface area (Å²) in [7, 11) is 0. The Morgan fingerprint density at radius 1 is 1.56 bits per heavy atom. The number of H-pyrrole nitrogens is 1. The van der Waals surface area contributed by atoms with E-state index in [0.717, 1.165) is 0 Å². The van der Waals surface area contributed by atoms with Crippen LogP contribution >= 0.6 is 0 Å². The highest BCUT2D eigenvalue weighted by atomic mass is 19.1. The summed E-state index contributed by atoms with van der Waals surface area (Å²) in [5, 5.41) is 2.57. The second-order valence-electron chi connectivity index (χ2n) is 3.77. The molecule has 0 saturated carbocycles. The summed E-state index contributed by atoms with van der Waals surface area (Å²) in [6.07, 6.45) is 1.55. The quantitative estimate of drug-likeness (QED) is 0.786. The molecule has 5 nitrogen and oxygen atoms in total. The topological polar surface area (TPSA) is 66.9 Å². The summed E-state index contributed by atoms with van der Waals surface area (Å²) in [5.41, 5.74) is 0.427. The van der Waals surface area contributed by atoms with Gasteiger partial charge >= 0.3 is 5.69 Å². The number of carbonyl (C=O) groups is 1. The van der Waals surface area contributed by atoms with E-state index in [-0.39, 0.29) is 12.5 Å². The minimum atomic E-state index is -0.440. The predicted molar refractivity (Wildman–Crippen MR) is 65.7 cm³/mol. The number of amides is 1. The lowest BCUT2D eigenvalue weighted by Crippen LogP contribution is -2.31. The second kappa shape index (κ2) is 4.87. The van der Waals surface area contributed by atoms with Crippen LogP contribution in [-0.2, 0) is 11.3 Å². The molecular formula is C12H12FN3O2. The Bertz CT molecular complexity index is 657. The number of imidazole rings is 1. The van der Waals surface area contributed by atoms with E-state index in [1.165, 1.54) is 22.8 Å². The SMILES string of the molecule is C=CCNC(=O)Cn1c(=O)[nH]c2cc(F)ccc21. The Morgan fingerprint density at radius 3 is 3.06 bits per heavy atom. The molecule has 0 aliphatic carbocycles. The predicted octanol–water partition coefficient (Wildman–Crippen LogP) is 0.771. The molecule has 6 heteroatoms. The number of carbonyl (C=O) groups excluding carboxylic acids is 1. The van der Waals surface area contributed by atoms with Crippen LogP contribution in [0.25, 0.3) is 11.0 Å². The number of rotatable bonds is 4. The third-order valence-electron chi connectivity index (χ3n) is 2.48. The van der Waals surface area contributed by atoms with Crippen LogP contribution in [0, 0.1) is 5.82 Å². The second-order valence-corrected chi connectivity index (χ2v) is 3.77. The third kappa shape index (κ3) is 2.32. The van der Waals surface area contributed by atoms with E-state index in [9.17, 15) is 14.0 Å². The lowest BCUT2D eigenvalue weighted by atomic mass is 10.3. The number of hydrogen-bond acceptors (Lipinski definition) is 2. The van der Waals surface area contributed by atoms with Crippen LogP contribution in [0.2, 0.25) is 0 Å². The maximum atomic E-state index is 13.0. The fraction of sp³-hybridized carbons (Fsp3) is 0.167. The van der Waals surface area contributed by atoms with Gasteiger partial charge in [-0.1, -0.05) is 6.08 Å². The highest BCUT2D eigenvalue weighted by Gasteiger charge is 2.10. The molecule has 0 spiro atoms. The van der Waals surface area contributed by atoms with Crippen LogP contribution in [0.1, 0.15) is 0 Å². The van der Waals surface area contributed by atoms with Crippen LogP contribution in [0.3, 0.4) is 0 Å². The van der Waals surface area contributed by atoms with Gasteiger partial charge in [0.1, 0.15) is 12.4 Å². The van der Waals surface area contributed by atoms with E-state index in [0.29, 0.717) is 17.6 Å². The van der Waals surface area contributed by atoms with Gasteiger partial charge in [-0.3, -0.25) is 9.36 Å². The molecule has 1 aromatic carbocycles. The van der Waals surface area contributed by atoms with Gasteiger partial charge in [-0.2, -0.15) is 0 Å². The molecular weight excluding hydrogens is 237 g/mol. The first-order chi connectivity index (χ1) is 8.61. The Morgan fingerprint density at radius 2 is 2.33 bits per heavy atom. The van der Waals surface area contributed by atoms with Crippen LogP contribution in [0.4, 0.5) is 4.39 Å². The van der Waals surface area contributed by atoms with E-state index >= 15 is 0 Å². The van der Waals surface area contributed by atoms with Gasteiger partial charge in [0.2, 0.25) is 5.91 Å². The van der Waals surface area contributed by atoms with E-state index in [2.05, 4.69) is 16.9 Å². The van der Waals surface area contributed by atoms with E-state index in [1.54, 1.807) is 6.08 Å². The van der Waals surface area contributed by atoms with Crippen molar-refractivity contribution in [3.8, 4) is 0 Å². The molecule has 0 saturated heterocycles. The van der Waals surface area contributed by atoms with Gasteiger partial charge in [0.25, 0.3) is 0 Å². The zero-order valence-corrected chi connectivity index (χ0v) is 9.57. The number of aromatic nitrogens is 2. The van der Waals surface area contributed by atoms with Gasteiger partial charge in [0.15, 0.2) is 0 Å². The van der Waals surface area contributed by atoms with Crippen molar-refractivity contribution in [1.82, 2.24) is 14.9 Å². The van der Waals surface area contributed by atoms with Crippen molar-refractivity contribution < 1.29 is 9.18 Å². The first-order valence-corrected chi connectivity index (χ1v) is 5.37. The van der Waals surface area contributed by atoms with Crippen molar-refractivity contribution >= 4 is 16.9 Å². The summed E-state index contributed by atoms with van der Waals surface area (Å²) < 4.78 is 14.2. The van der Waals surface area contributed by atoms with Crippen molar-refractivity contribution in [2.24, 2.45) is 0 Å². The molecule has 0 atom stereocenters. The van der Waals surface area contributed by atoms with Gasteiger partial charge in [-0.15, -0.1) is 6.58 Å². The number of halogens is 1. The zero-order chi connectivity index (χ0) is 13.1. The van der Waals surface area contributed by atoms with Crippen molar-refractivity contribution in [3.05, 3.63) is 47.2 Å². The molecule has 94 valence electrons. The zero-order valence-electron chi connectivity index (χ0n) is 9.57. The lowest BCUT2D eigenvalue weighted by Gasteiger charge is -2.03. The number of nitrogens with zero attached hydrogens (tertiary/aromatic N) is 1. The van der Waals surface area contributed by atoms with Crippen molar-refractivity contribution in [2.75, 3.05) is 6.54 Å². The van der Waals surface area contributed by atoms with Crippen molar-refractivity contribution in [1.29, 1.82) is 0 Å². The Hall–Kier alpha value is -2.37. The molecule has 0 bridgehead atoms. The van der Waals surface area contributed by atoms with Crippen molar-refractivity contribution in [2.45, 2.75) is 6.54 Å². The van der Waals surface area contributed by atoms with Gasteiger partial charge in [0.05, 0.1) is 11.0 Å². The smallest absolute Gasteiger partial charge is 0.326 e. The fourth-order valence-electron chi connectivity index (χ4n) is 1.68. The van der Waals surface area contributed by atoms with Gasteiger partial charge in [-0.25, -0.2) is 9.18 Å². The first kappa shape index (κ1) is 12.1. The number of nitrogens with one attached hydrogen (secondary N) is 2.